The summed E-state index contributed by atoms with van der Waals surface area (Å²) in [5, 5.41) is 11.1. The summed E-state index contributed by atoms with van der Waals surface area (Å²) in [6, 6.07) is 10.9. The molecule has 3 heterocycles. The molecule has 3 aliphatic heterocycles. The van der Waals surface area contributed by atoms with Gasteiger partial charge in [0, 0.05) is 12.3 Å². The highest BCUT2D eigenvalue weighted by Crippen LogP contribution is 2.45. The number of rotatable bonds is 4. The number of benzene rings is 1. The summed E-state index contributed by atoms with van der Waals surface area (Å²) in [5.74, 6) is 1.77. The molecule has 3 saturated heterocycles. The molecule has 4 fully saturated rings. The summed E-state index contributed by atoms with van der Waals surface area (Å²) in [7, 11) is 0. The van der Waals surface area contributed by atoms with E-state index in [1.165, 1.54) is 75.5 Å². The van der Waals surface area contributed by atoms with Crippen molar-refractivity contribution in [2.75, 3.05) is 19.6 Å². The molecule has 0 amide bonds. The van der Waals surface area contributed by atoms with Gasteiger partial charge in [-0.05, 0) is 37.2 Å². The maximum absolute atomic E-state index is 11.1. The van der Waals surface area contributed by atoms with Gasteiger partial charge in [-0.25, -0.2) is 0 Å². The number of hydrogen-bond acceptors (Lipinski definition) is 1. The normalized spacial score (nSPS) is 36.0. The van der Waals surface area contributed by atoms with E-state index in [9.17, 15) is 5.11 Å². The molecule has 4 aliphatic rings. The first-order valence-electron chi connectivity index (χ1n) is 9.86. The topological polar surface area (TPSA) is 20.2 Å². The molecular weight excluding hydrogens is 282 g/mol. The maximum Gasteiger partial charge on any atom is 0.131 e. The van der Waals surface area contributed by atoms with E-state index >= 15 is 0 Å². The monoisotopic (exact) mass is 314 g/mol. The van der Waals surface area contributed by atoms with Gasteiger partial charge in [0.15, 0.2) is 0 Å². The Labute approximate surface area is 141 Å². The van der Waals surface area contributed by atoms with Crippen LogP contribution in [0.1, 0.15) is 63.0 Å². The van der Waals surface area contributed by atoms with Crippen molar-refractivity contribution in [1.29, 1.82) is 0 Å². The summed E-state index contributed by atoms with van der Waals surface area (Å²) in [6.07, 6.45) is 10.9. The first-order valence-corrected chi connectivity index (χ1v) is 9.86. The first kappa shape index (κ1) is 15.7. The molecule has 5 rings (SSSR count). The lowest BCUT2D eigenvalue weighted by atomic mass is 9.75. The second kappa shape index (κ2) is 6.57. The van der Waals surface area contributed by atoms with Gasteiger partial charge in [0.2, 0.25) is 0 Å². The van der Waals surface area contributed by atoms with Gasteiger partial charge in [-0.15, -0.1) is 0 Å². The first-order chi connectivity index (χ1) is 11.3. The van der Waals surface area contributed by atoms with Crippen LogP contribution in [0.4, 0.5) is 0 Å². The van der Waals surface area contributed by atoms with E-state index in [1.54, 1.807) is 0 Å². The van der Waals surface area contributed by atoms with Gasteiger partial charge in [0.05, 0.1) is 19.6 Å². The van der Waals surface area contributed by atoms with E-state index in [4.69, 9.17) is 0 Å². The molecule has 1 aliphatic carbocycles. The summed E-state index contributed by atoms with van der Waals surface area (Å²) in [6.45, 7) is 3.97. The molecule has 2 bridgehead atoms. The Morgan fingerprint density at radius 1 is 0.957 bits per heavy atom. The minimum atomic E-state index is -0.275. The van der Waals surface area contributed by atoms with Crippen molar-refractivity contribution in [2.24, 2.45) is 11.8 Å². The van der Waals surface area contributed by atoms with Crippen LogP contribution in [0.25, 0.3) is 0 Å². The van der Waals surface area contributed by atoms with Crippen LogP contribution in [0.5, 0.6) is 0 Å². The Morgan fingerprint density at radius 3 is 2.35 bits per heavy atom. The number of hydrogen-bond donors (Lipinski definition) is 1. The Kier molecular flexibility index (Phi) is 4.47. The summed E-state index contributed by atoms with van der Waals surface area (Å²) in [5.41, 5.74) is 1.13. The van der Waals surface area contributed by atoms with Crippen molar-refractivity contribution in [2.45, 2.75) is 63.5 Å². The Bertz CT molecular complexity index is 500. The van der Waals surface area contributed by atoms with Gasteiger partial charge in [0.25, 0.3) is 0 Å². The van der Waals surface area contributed by atoms with Crippen molar-refractivity contribution in [3.8, 4) is 0 Å². The van der Waals surface area contributed by atoms with Crippen molar-refractivity contribution in [1.82, 2.24) is 0 Å². The fourth-order valence-electron chi connectivity index (χ4n) is 5.77. The number of aliphatic hydroxyl groups is 1. The molecule has 1 N–H and O–H groups in total. The molecule has 2 atom stereocenters. The lowest BCUT2D eigenvalue weighted by molar-refractivity contribution is -0.972. The van der Waals surface area contributed by atoms with Gasteiger partial charge >= 0.3 is 0 Å². The van der Waals surface area contributed by atoms with Crippen molar-refractivity contribution < 1.29 is 9.59 Å². The smallest absolute Gasteiger partial charge is 0.131 e. The molecular formula is C21H32NO+. The molecule has 0 radical (unpaired) electrons. The van der Waals surface area contributed by atoms with Crippen LogP contribution in [-0.2, 0) is 0 Å². The predicted molar refractivity (Wildman–Crippen MR) is 94.0 cm³/mol. The zero-order chi connectivity index (χ0) is 15.7. The molecule has 0 spiro atoms. The third-order valence-corrected chi connectivity index (χ3v) is 7.10. The van der Waals surface area contributed by atoms with E-state index in [2.05, 4.69) is 30.3 Å². The molecule has 1 saturated carbocycles. The average Bonchev–Trinajstić information content (AvgIpc) is 2.63. The third kappa shape index (κ3) is 3.08. The number of nitrogens with zero attached hydrogens (tertiary/aromatic N) is 1. The van der Waals surface area contributed by atoms with E-state index < -0.39 is 0 Å². The Balaban J connectivity index is 1.56. The predicted octanol–water partition coefficient (Wildman–Crippen LogP) is 4.30. The average molecular weight is 314 g/mol. The van der Waals surface area contributed by atoms with Crippen molar-refractivity contribution in [3.63, 3.8) is 0 Å². The minimum Gasteiger partial charge on any atom is -0.382 e. The maximum atomic E-state index is 11.1. The molecule has 126 valence electrons. The van der Waals surface area contributed by atoms with Crippen LogP contribution < -0.4 is 0 Å². The minimum absolute atomic E-state index is 0.275. The van der Waals surface area contributed by atoms with Gasteiger partial charge in [0.1, 0.15) is 12.1 Å². The molecule has 2 heteroatoms. The molecule has 0 aromatic heterocycles. The molecule has 2 nitrogen and oxygen atoms in total. The van der Waals surface area contributed by atoms with E-state index in [0.29, 0.717) is 6.04 Å². The highest BCUT2D eigenvalue weighted by molar-refractivity contribution is 5.18. The van der Waals surface area contributed by atoms with E-state index in [-0.39, 0.29) is 6.10 Å². The Morgan fingerprint density at radius 2 is 1.65 bits per heavy atom. The number of quaternary nitrogens is 1. The van der Waals surface area contributed by atoms with Gasteiger partial charge < -0.3 is 9.59 Å². The van der Waals surface area contributed by atoms with Crippen LogP contribution in [0, 0.1) is 11.8 Å². The summed E-state index contributed by atoms with van der Waals surface area (Å²) in [4.78, 5) is 0. The quantitative estimate of drug-likeness (QED) is 0.822. The molecule has 1 aromatic rings. The fourth-order valence-corrected chi connectivity index (χ4v) is 5.77. The standard InChI is InChI=1S/C21H32NO/c23-21(19-9-5-2-6-10-19)20-15-17-11-13-22(20,14-12-17)16-18-7-3-1-4-8-18/h2,5-6,9-10,17-18,20-21,23H,1,3-4,7-8,11-16H2/q+1/t17?,20-,21+,22?/m1/s1. The van der Waals surface area contributed by atoms with Crippen LogP contribution in [0.2, 0.25) is 0 Å². The highest BCUT2D eigenvalue weighted by Gasteiger charge is 2.51. The zero-order valence-electron chi connectivity index (χ0n) is 14.4. The number of aliphatic hydroxyl groups excluding tert-OH is 1. The summed E-state index contributed by atoms with van der Waals surface area (Å²) < 4.78 is 1.22. The zero-order valence-corrected chi connectivity index (χ0v) is 14.4. The fraction of sp³-hybridized carbons (Fsp3) is 0.714. The van der Waals surface area contributed by atoms with E-state index in [0.717, 1.165) is 17.4 Å². The van der Waals surface area contributed by atoms with Gasteiger partial charge in [-0.1, -0.05) is 49.6 Å². The van der Waals surface area contributed by atoms with Crippen LogP contribution >= 0.6 is 0 Å². The largest absolute Gasteiger partial charge is 0.382 e. The third-order valence-electron chi connectivity index (χ3n) is 7.10. The molecule has 0 unspecified atom stereocenters. The van der Waals surface area contributed by atoms with E-state index in [1.807, 2.05) is 0 Å². The van der Waals surface area contributed by atoms with Crippen molar-refractivity contribution >= 4 is 0 Å². The lowest BCUT2D eigenvalue weighted by Gasteiger charge is -2.57. The molecule has 23 heavy (non-hydrogen) atoms. The van der Waals surface area contributed by atoms with Crippen LogP contribution in [0.3, 0.4) is 0 Å². The summed E-state index contributed by atoms with van der Waals surface area (Å²) >= 11 is 0. The Hall–Kier alpha value is -0.860. The van der Waals surface area contributed by atoms with Crippen LogP contribution in [-0.4, -0.2) is 35.3 Å². The number of fused-ring (bicyclic) bond motifs is 3. The second-order valence-corrected chi connectivity index (χ2v) is 8.45. The van der Waals surface area contributed by atoms with Gasteiger partial charge in [-0.3, -0.25) is 0 Å². The van der Waals surface area contributed by atoms with Crippen LogP contribution in [0.15, 0.2) is 30.3 Å². The molecule has 1 aromatic carbocycles. The van der Waals surface area contributed by atoms with Crippen molar-refractivity contribution in [3.05, 3.63) is 35.9 Å². The SMILES string of the molecule is O[C@@H](c1ccccc1)[C@H]1CC2CC[N+]1(CC1CCCCC1)CC2. The second-order valence-electron chi connectivity index (χ2n) is 8.45. The van der Waals surface area contributed by atoms with Gasteiger partial charge in [-0.2, -0.15) is 0 Å². The lowest BCUT2D eigenvalue weighted by Crippen LogP contribution is -2.67. The number of piperidine rings is 3. The highest BCUT2D eigenvalue weighted by atomic mass is 16.3.